The second kappa shape index (κ2) is 8.85. The molecular formula is C21H24N4O. The molecule has 0 aliphatic rings. The van der Waals surface area contributed by atoms with Gasteiger partial charge in [0.2, 0.25) is 5.95 Å². The van der Waals surface area contributed by atoms with Crippen LogP contribution in [0, 0.1) is 0 Å². The first kappa shape index (κ1) is 17.7. The Kier molecular flexibility index (Phi) is 6.04. The molecule has 5 heteroatoms. The number of nitrogens with zero attached hydrogens (tertiary/aromatic N) is 2. The van der Waals surface area contributed by atoms with Crippen LogP contribution in [0.25, 0.3) is 0 Å². The first-order chi connectivity index (χ1) is 12.7. The number of hydrogen-bond acceptors (Lipinski definition) is 5. The van der Waals surface area contributed by atoms with Crippen molar-refractivity contribution in [3.63, 3.8) is 0 Å². The van der Waals surface area contributed by atoms with E-state index in [1.54, 1.807) is 13.3 Å². The van der Waals surface area contributed by atoms with Gasteiger partial charge in [-0.25, -0.2) is 4.98 Å². The minimum atomic E-state index is 0.144. The minimum absolute atomic E-state index is 0.144. The maximum Gasteiger partial charge on any atom is 0.225 e. The molecule has 0 bridgehead atoms. The zero-order valence-corrected chi connectivity index (χ0v) is 15.1. The Morgan fingerprint density at radius 1 is 1.00 bits per heavy atom. The number of methoxy groups -OCH3 is 1. The SMILES string of the molecule is COc1ccc(CCNc2ccnc(NC(C)c3ccccc3)n2)cc1. The fourth-order valence-electron chi connectivity index (χ4n) is 2.67. The van der Waals surface area contributed by atoms with E-state index >= 15 is 0 Å². The molecule has 1 atom stereocenters. The molecule has 0 saturated heterocycles. The molecule has 3 rings (SSSR count). The van der Waals surface area contributed by atoms with Gasteiger partial charge >= 0.3 is 0 Å². The van der Waals surface area contributed by atoms with Gasteiger partial charge in [0.25, 0.3) is 0 Å². The molecule has 0 fully saturated rings. The van der Waals surface area contributed by atoms with Crippen molar-refractivity contribution in [2.45, 2.75) is 19.4 Å². The van der Waals surface area contributed by atoms with Gasteiger partial charge in [-0.2, -0.15) is 4.98 Å². The summed E-state index contributed by atoms with van der Waals surface area (Å²) in [5.41, 5.74) is 2.46. The van der Waals surface area contributed by atoms with E-state index in [9.17, 15) is 0 Å². The van der Waals surface area contributed by atoms with Crippen LogP contribution < -0.4 is 15.4 Å². The molecule has 0 aliphatic carbocycles. The monoisotopic (exact) mass is 348 g/mol. The van der Waals surface area contributed by atoms with E-state index in [-0.39, 0.29) is 6.04 Å². The molecule has 0 aliphatic heterocycles. The van der Waals surface area contributed by atoms with Crippen LogP contribution in [0.3, 0.4) is 0 Å². The predicted octanol–water partition coefficient (Wildman–Crippen LogP) is 4.31. The van der Waals surface area contributed by atoms with E-state index in [0.29, 0.717) is 5.95 Å². The number of ether oxygens (including phenoxy) is 1. The van der Waals surface area contributed by atoms with Crippen molar-refractivity contribution >= 4 is 11.8 Å². The lowest BCUT2D eigenvalue weighted by atomic mass is 10.1. The van der Waals surface area contributed by atoms with Crippen molar-refractivity contribution < 1.29 is 4.74 Å². The highest BCUT2D eigenvalue weighted by Crippen LogP contribution is 2.17. The van der Waals surface area contributed by atoms with Crippen molar-refractivity contribution in [1.82, 2.24) is 9.97 Å². The first-order valence-electron chi connectivity index (χ1n) is 8.76. The van der Waals surface area contributed by atoms with Crippen molar-refractivity contribution in [1.29, 1.82) is 0 Å². The number of rotatable bonds is 8. The fourth-order valence-corrected chi connectivity index (χ4v) is 2.67. The van der Waals surface area contributed by atoms with E-state index in [1.807, 2.05) is 36.4 Å². The summed E-state index contributed by atoms with van der Waals surface area (Å²) < 4.78 is 5.18. The van der Waals surface area contributed by atoms with Gasteiger partial charge in [-0.3, -0.25) is 0 Å². The molecule has 0 spiro atoms. The third kappa shape index (κ3) is 4.96. The maximum atomic E-state index is 5.18. The molecule has 0 radical (unpaired) electrons. The summed E-state index contributed by atoms with van der Waals surface area (Å²) in [6.45, 7) is 2.90. The molecule has 3 aromatic rings. The van der Waals surface area contributed by atoms with E-state index in [2.05, 4.69) is 51.8 Å². The second-order valence-electron chi connectivity index (χ2n) is 6.07. The predicted molar refractivity (Wildman–Crippen MR) is 106 cm³/mol. The summed E-state index contributed by atoms with van der Waals surface area (Å²) in [5.74, 6) is 2.31. The van der Waals surface area contributed by atoms with E-state index in [4.69, 9.17) is 4.74 Å². The fraction of sp³-hybridized carbons (Fsp3) is 0.238. The van der Waals surface area contributed by atoms with Gasteiger partial charge in [0.1, 0.15) is 11.6 Å². The Bertz CT molecular complexity index is 806. The normalized spacial score (nSPS) is 11.6. The molecule has 2 aromatic carbocycles. The lowest BCUT2D eigenvalue weighted by molar-refractivity contribution is 0.414. The molecular weight excluding hydrogens is 324 g/mol. The van der Waals surface area contributed by atoms with Gasteiger partial charge in [0.05, 0.1) is 13.2 Å². The van der Waals surface area contributed by atoms with Gasteiger partial charge in [0, 0.05) is 12.7 Å². The Balaban J connectivity index is 1.53. The van der Waals surface area contributed by atoms with Crippen molar-refractivity contribution in [3.05, 3.63) is 78.0 Å². The molecule has 0 saturated carbocycles. The quantitative estimate of drug-likeness (QED) is 0.635. The van der Waals surface area contributed by atoms with E-state index in [1.165, 1.54) is 11.1 Å². The zero-order valence-electron chi connectivity index (χ0n) is 15.1. The van der Waals surface area contributed by atoms with Crippen molar-refractivity contribution in [2.24, 2.45) is 0 Å². The van der Waals surface area contributed by atoms with Crippen LogP contribution in [0.2, 0.25) is 0 Å². The first-order valence-corrected chi connectivity index (χ1v) is 8.76. The lowest BCUT2D eigenvalue weighted by Gasteiger charge is -2.14. The van der Waals surface area contributed by atoms with Gasteiger partial charge in [0.15, 0.2) is 0 Å². The Hall–Kier alpha value is -3.08. The van der Waals surface area contributed by atoms with Gasteiger partial charge in [-0.15, -0.1) is 0 Å². The summed E-state index contributed by atoms with van der Waals surface area (Å²) in [4.78, 5) is 8.86. The molecule has 26 heavy (non-hydrogen) atoms. The molecule has 0 amide bonds. The largest absolute Gasteiger partial charge is 0.497 e. The van der Waals surface area contributed by atoms with Gasteiger partial charge in [-0.05, 0) is 42.7 Å². The average Bonchev–Trinajstić information content (AvgIpc) is 2.69. The highest BCUT2D eigenvalue weighted by Gasteiger charge is 2.07. The minimum Gasteiger partial charge on any atom is -0.497 e. The van der Waals surface area contributed by atoms with Crippen LogP contribution in [-0.2, 0) is 6.42 Å². The Morgan fingerprint density at radius 2 is 1.77 bits per heavy atom. The van der Waals surface area contributed by atoms with Crippen LogP contribution in [0.5, 0.6) is 5.75 Å². The molecule has 5 nitrogen and oxygen atoms in total. The smallest absolute Gasteiger partial charge is 0.225 e. The highest BCUT2D eigenvalue weighted by molar-refractivity contribution is 5.41. The van der Waals surface area contributed by atoms with Crippen LogP contribution in [0.4, 0.5) is 11.8 Å². The summed E-state index contributed by atoms with van der Waals surface area (Å²) in [6, 6.07) is 20.4. The van der Waals surface area contributed by atoms with E-state index < -0.39 is 0 Å². The topological polar surface area (TPSA) is 59.1 Å². The average molecular weight is 348 g/mol. The van der Waals surface area contributed by atoms with Crippen LogP contribution in [0.15, 0.2) is 66.9 Å². The summed E-state index contributed by atoms with van der Waals surface area (Å²) in [6.07, 6.45) is 2.68. The summed E-state index contributed by atoms with van der Waals surface area (Å²) >= 11 is 0. The van der Waals surface area contributed by atoms with Crippen LogP contribution >= 0.6 is 0 Å². The van der Waals surface area contributed by atoms with Gasteiger partial charge < -0.3 is 15.4 Å². The number of anilines is 2. The number of nitrogens with one attached hydrogen (secondary N) is 2. The standard InChI is InChI=1S/C21H24N4O/c1-16(18-6-4-3-5-7-18)24-21-23-15-13-20(25-21)22-14-12-17-8-10-19(26-2)11-9-17/h3-11,13,15-16H,12,14H2,1-2H3,(H2,22,23,24,25). The van der Waals surface area contributed by atoms with E-state index in [0.717, 1.165) is 24.5 Å². The summed E-state index contributed by atoms with van der Waals surface area (Å²) in [5, 5.41) is 6.70. The number of aromatic nitrogens is 2. The third-order valence-electron chi connectivity index (χ3n) is 4.18. The van der Waals surface area contributed by atoms with Gasteiger partial charge in [-0.1, -0.05) is 42.5 Å². The second-order valence-corrected chi connectivity index (χ2v) is 6.07. The number of benzene rings is 2. The molecule has 1 aromatic heterocycles. The van der Waals surface area contributed by atoms with Crippen LogP contribution in [-0.4, -0.2) is 23.6 Å². The molecule has 1 unspecified atom stereocenters. The molecule has 134 valence electrons. The Morgan fingerprint density at radius 3 is 2.50 bits per heavy atom. The van der Waals surface area contributed by atoms with Crippen molar-refractivity contribution in [3.8, 4) is 5.75 Å². The maximum absolute atomic E-state index is 5.18. The van der Waals surface area contributed by atoms with Crippen molar-refractivity contribution in [2.75, 3.05) is 24.3 Å². The third-order valence-corrected chi connectivity index (χ3v) is 4.18. The molecule has 1 heterocycles. The number of hydrogen-bond donors (Lipinski definition) is 2. The molecule has 2 N–H and O–H groups in total. The lowest BCUT2D eigenvalue weighted by Crippen LogP contribution is -2.11. The van der Waals surface area contributed by atoms with Crippen LogP contribution in [0.1, 0.15) is 24.1 Å². The highest BCUT2D eigenvalue weighted by atomic mass is 16.5. The summed E-state index contributed by atoms with van der Waals surface area (Å²) in [7, 11) is 1.68. The zero-order chi connectivity index (χ0) is 18.2. The Labute approximate surface area is 154 Å².